The minimum absolute atomic E-state index is 0.0847. The number of aryl methyl sites for hydroxylation is 1. The molecule has 0 aliphatic heterocycles. The molecule has 0 radical (unpaired) electrons. The van der Waals surface area contributed by atoms with Crippen molar-refractivity contribution in [3.63, 3.8) is 0 Å². The van der Waals surface area contributed by atoms with E-state index in [4.69, 9.17) is 4.42 Å². The van der Waals surface area contributed by atoms with Crippen molar-refractivity contribution in [2.24, 2.45) is 0 Å². The molecule has 4 rings (SSSR count). The van der Waals surface area contributed by atoms with Crippen molar-refractivity contribution in [1.82, 2.24) is 14.8 Å². The van der Waals surface area contributed by atoms with Crippen LogP contribution in [0.4, 0.5) is 5.69 Å². The molecule has 0 saturated heterocycles. The van der Waals surface area contributed by atoms with Gasteiger partial charge < -0.3 is 9.73 Å². The second-order valence-electron chi connectivity index (χ2n) is 6.84. The Morgan fingerprint density at radius 1 is 1.10 bits per heavy atom. The lowest BCUT2D eigenvalue weighted by atomic mass is 10.2. The molecule has 2 heterocycles. The molecule has 158 valence electrons. The summed E-state index contributed by atoms with van der Waals surface area (Å²) in [6, 6.07) is 19.8. The van der Waals surface area contributed by atoms with E-state index in [1.807, 2.05) is 66.3 Å². The number of hydrogen-bond donors (Lipinski definition) is 1. The Hall–Kier alpha value is -2.97. The Morgan fingerprint density at radius 3 is 2.68 bits per heavy atom. The summed E-state index contributed by atoms with van der Waals surface area (Å²) >= 11 is 3.01. The molecule has 1 N–H and O–H groups in total. The Labute approximate surface area is 189 Å². The van der Waals surface area contributed by atoms with Crippen LogP contribution >= 0.6 is 23.5 Å². The van der Waals surface area contributed by atoms with Gasteiger partial charge in [-0.3, -0.25) is 9.36 Å². The summed E-state index contributed by atoms with van der Waals surface area (Å²) < 4.78 is 7.49. The maximum atomic E-state index is 12.5. The van der Waals surface area contributed by atoms with Gasteiger partial charge in [0.05, 0.1) is 24.1 Å². The van der Waals surface area contributed by atoms with Crippen LogP contribution in [0.3, 0.4) is 0 Å². The highest BCUT2D eigenvalue weighted by atomic mass is 32.2. The minimum atomic E-state index is -0.0847. The van der Waals surface area contributed by atoms with Crippen molar-refractivity contribution in [1.29, 1.82) is 0 Å². The zero-order chi connectivity index (χ0) is 21.6. The fraction of sp³-hybridized carbons (Fsp3) is 0.174. The summed E-state index contributed by atoms with van der Waals surface area (Å²) in [7, 11) is 0. The van der Waals surface area contributed by atoms with Crippen molar-refractivity contribution in [2.45, 2.75) is 23.5 Å². The van der Waals surface area contributed by atoms with E-state index in [1.165, 1.54) is 11.8 Å². The number of hydrogen-bond acceptors (Lipinski definition) is 6. The quantitative estimate of drug-likeness (QED) is 0.365. The van der Waals surface area contributed by atoms with Crippen LogP contribution in [0.2, 0.25) is 0 Å². The van der Waals surface area contributed by atoms with E-state index in [-0.39, 0.29) is 11.7 Å². The molecule has 0 aliphatic carbocycles. The molecule has 0 spiro atoms. The summed E-state index contributed by atoms with van der Waals surface area (Å²) in [5, 5.41) is 12.4. The molecular weight excluding hydrogens is 428 g/mol. The van der Waals surface area contributed by atoms with Gasteiger partial charge in [-0.25, -0.2) is 0 Å². The Kier molecular flexibility index (Phi) is 6.79. The van der Waals surface area contributed by atoms with Gasteiger partial charge >= 0.3 is 0 Å². The van der Waals surface area contributed by atoms with Crippen LogP contribution in [0.5, 0.6) is 0 Å². The van der Waals surface area contributed by atoms with E-state index < -0.39 is 0 Å². The molecule has 0 fully saturated rings. The van der Waals surface area contributed by atoms with Crippen LogP contribution < -0.4 is 5.32 Å². The maximum absolute atomic E-state index is 12.5. The first-order chi connectivity index (χ1) is 15.1. The number of aromatic nitrogens is 3. The van der Waals surface area contributed by atoms with Crippen LogP contribution in [0.15, 0.2) is 81.4 Å². The van der Waals surface area contributed by atoms with E-state index in [0.29, 0.717) is 11.7 Å². The van der Waals surface area contributed by atoms with Gasteiger partial charge in [-0.1, -0.05) is 48.2 Å². The number of amides is 1. The highest BCUT2D eigenvalue weighted by molar-refractivity contribution is 7.99. The van der Waals surface area contributed by atoms with Crippen LogP contribution in [0, 0.1) is 6.92 Å². The topological polar surface area (TPSA) is 73.0 Å². The molecule has 0 bridgehead atoms. The molecular formula is C23H22N4O2S2. The van der Waals surface area contributed by atoms with Gasteiger partial charge in [-0.2, -0.15) is 0 Å². The molecule has 6 nitrogen and oxygen atoms in total. The fourth-order valence-corrected chi connectivity index (χ4v) is 4.35. The van der Waals surface area contributed by atoms with Gasteiger partial charge in [0.1, 0.15) is 5.76 Å². The number of nitrogens with zero attached hydrogens (tertiary/aromatic N) is 3. The summed E-state index contributed by atoms with van der Waals surface area (Å²) in [5.74, 6) is 1.66. The van der Waals surface area contributed by atoms with Gasteiger partial charge in [0.2, 0.25) is 5.91 Å². The van der Waals surface area contributed by atoms with Gasteiger partial charge in [0.25, 0.3) is 0 Å². The molecule has 8 heteroatoms. The number of benzene rings is 2. The lowest BCUT2D eigenvalue weighted by Crippen LogP contribution is -2.15. The molecule has 0 atom stereocenters. The number of furan rings is 1. The third-order valence-corrected chi connectivity index (χ3v) is 6.38. The molecule has 4 aromatic rings. The SMILES string of the molecule is CSc1cccc(NC(=O)CSc2nnc(-c3ccoc3C)n2Cc2ccccc2)c1. The number of carbonyl (C=O) groups is 1. The van der Waals surface area contributed by atoms with Gasteiger partial charge in [0, 0.05) is 10.6 Å². The molecule has 31 heavy (non-hydrogen) atoms. The van der Waals surface area contributed by atoms with Crippen molar-refractivity contribution >= 4 is 35.1 Å². The number of anilines is 1. The zero-order valence-corrected chi connectivity index (χ0v) is 18.9. The molecule has 0 aliphatic rings. The van der Waals surface area contributed by atoms with Gasteiger partial charge in [0.15, 0.2) is 11.0 Å². The van der Waals surface area contributed by atoms with E-state index in [9.17, 15) is 4.79 Å². The maximum Gasteiger partial charge on any atom is 0.234 e. The summed E-state index contributed by atoms with van der Waals surface area (Å²) in [6.45, 7) is 2.51. The average Bonchev–Trinajstić information content (AvgIpc) is 3.38. The minimum Gasteiger partial charge on any atom is -0.469 e. The number of carbonyl (C=O) groups excluding carboxylic acids is 1. The van der Waals surface area contributed by atoms with Gasteiger partial charge in [-0.15, -0.1) is 22.0 Å². The number of nitrogens with one attached hydrogen (secondary N) is 1. The first-order valence-electron chi connectivity index (χ1n) is 9.72. The van der Waals surface area contributed by atoms with Gasteiger partial charge in [-0.05, 0) is 43.0 Å². The van der Waals surface area contributed by atoms with E-state index in [1.54, 1.807) is 18.0 Å². The smallest absolute Gasteiger partial charge is 0.234 e. The van der Waals surface area contributed by atoms with E-state index >= 15 is 0 Å². The molecule has 0 saturated carbocycles. The van der Waals surface area contributed by atoms with Crippen molar-refractivity contribution in [2.75, 3.05) is 17.3 Å². The molecule has 2 aromatic heterocycles. The highest BCUT2D eigenvalue weighted by Gasteiger charge is 2.18. The standard InChI is InChI=1S/C23H22N4O2S2/c1-16-20(11-12-29-16)22-25-26-23(27(22)14-17-7-4-3-5-8-17)31-15-21(28)24-18-9-6-10-19(13-18)30-2/h3-13H,14-15H2,1-2H3,(H,24,28). The van der Waals surface area contributed by atoms with E-state index in [2.05, 4.69) is 27.6 Å². The van der Waals surface area contributed by atoms with E-state index in [0.717, 1.165) is 33.3 Å². The van der Waals surface area contributed by atoms with Crippen molar-refractivity contribution in [3.05, 3.63) is 78.3 Å². The first kappa shape index (κ1) is 21.3. The highest BCUT2D eigenvalue weighted by Crippen LogP contribution is 2.28. The molecule has 0 unspecified atom stereocenters. The Morgan fingerprint density at radius 2 is 1.94 bits per heavy atom. The predicted octanol–water partition coefficient (Wildman–Crippen LogP) is 5.35. The lowest BCUT2D eigenvalue weighted by molar-refractivity contribution is -0.113. The fourth-order valence-electron chi connectivity index (χ4n) is 3.15. The molecule has 2 aromatic carbocycles. The second kappa shape index (κ2) is 9.89. The van der Waals surface area contributed by atoms with Crippen molar-refractivity contribution in [3.8, 4) is 11.4 Å². The third kappa shape index (κ3) is 5.21. The monoisotopic (exact) mass is 450 g/mol. The number of rotatable bonds is 8. The summed E-state index contributed by atoms with van der Waals surface area (Å²) in [5.41, 5.74) is 2.82. The van der Waals surface area contributed by atoms with Crippen molar-refractivity contribution < 1.29 is 9.21 Å². The first-order valence-corrected chi connectivity index (χ1v) is 11.9. The summed E-state index contributed by atoms with van der Waals surface area (Å²) in [4.78, 5) is 13.6. The molecule has 1 amide bonds. The largest absolute Gasteiger partial charge is 0.469 e. The zero-order valence-electron chi connectivity index (χ0n) is 17.2. The lowest BCUT2D eigenvalue weighted by Gasteiger charge is -2.10. The van der Waals surface area contributed by atoms with Crippen LogP contribution in [-0.4, -0.2) is 32.7 Å². The predicted molar refractivity (Wildman–Crippen MR) is 126 cm³/mol. The Bertz CT molecular complexity index is 1170. The number of thioether (sulfide) groups is 2. The second-order valence-corrected chi connectivity index (χ2v) is 8.66. The van der Waals surface area contributed by atoms with Crippen LogP contribution in [0.25, 0.3) is 11.4 Å². The van der Waals surface area contributed by atoms with Crippen LogP contribution in [0.1, 0.15) is 11.3 Å². The summed E-state index contributed by atoms with van der Waals surface area (Å²) in [6.07, 6.45) is 3.66. The van der Waals surface area contributed by atoms with Crippen LogP contribution in [-0.2, 0) is 11.3 Å². The Balaban J connectivity index is 1.52. The third-order valence-electron chi connectivity index (χ3n) is 4.69. The average molecular weight is 451 g/mol. The normalized spacial score (nSPS) is 10.9.